The van der Waals surface area contributed by atoms with Gasteiger partial charge >= 0.3 is 0 Å². The van der Waals surface area contributed by atoms with E-state index in [1.807, 2.05) is 23.7 Å². The number of rotatable bonds is 3. The molecule has 1 fully saturated rings. The van der Waals surface area contributed by atoms with Crippen LogP contribution in [0.4, 0.5) is 0 Å². The number of ether oxygens (including phenoxy) is 2. The van der Waals surface area contributed by atoms with Crippen LogP contribution in [0, 0.1) is 0 Å². The number of para-hydroxylation sites is 1. The van der Waals surface area contributed by atoms with E-state index in [4.69, 9.17) is 9.47 Å². The zero-order chi connectivity index (χ0) is 9.38. The lowest BCUT2D eigenvalue weighted by Gasteiger charge is -2.03. The maximum atomic E-state index is 5.62. The largest absolute Gasteiger partial charge is 0.488 e. The molecule has 72 valence electrons. The molecule has 0 amide bonds. The van der Waals surface area contributed by atoms with E-state index < -0.39 is 0 Å². The summed E-state index contributed by atoms with van der Waals surface area (Å²) in [4.78, 5) is 4.27. The molecule has 1 aromatic carbocycles. The first kappa shape index (κ1) is 8.20. The van der Waals surface area contributed by atoms with Crippen molar-refractivity contribution in [2.24, 2.45) is 0 Å². The Kier molecular flexibility index (Phi) is 1.89. The van der Waals surface area contributed by atoms with Gasteiger partial charge < -0.3 is 9.47 Å². The molecule has 0 bridgehead atoms. The molecule has 0 unspecified atom stereocenters. The number of thiazole rings is 1. The highest BCUT2D eigenvalue weighted by molar-refractivity contribution is 7.16. The smallest absolute Gasteiger partial charge is 0.146 e. The van der Waals surface area contributed by atoms with Gasteiger partial charge in [0.2, 0.25) is 0 Å². The minimum Gasteiger partial charge on any atom is -0.488 e. The summed E-state index contributed by atoms with van der Waals surface area (Å²) in [5, 5.41) is 0. The summed E-state index contributed by atoms with van der Waals surface area (Å²) >= 11 is 1.63. The number of aromatic nitrogens is 1. The summed E-state index contributed by atoms with van der Waals surface area (Å²) in [5.74, 6) is 0.860. The Morgan fingerprint density at radius 1 is 1.57 bits per heavy atom. The monoisotopic (exact) mass is 207 g/mol. The molecule has 2 heterocycles. The van der Waals surface area contributed by atoms with E-state index in [9.17, 15) is 0 Å². The van der Waals surface area contributed by atoms with Crippen molar-refractivity contribution in [3.05, 3.63) is 23.7 Å². The molecule has 3 rings (SSSR count). The third-order valence-electron chi connectivity index (χ3n) is 2.15. The molecule has 0 aliphatic carbocycles. The van der Waals surface area contributed by atoms with E-state index in [0.29, 0.717) is 12.7 Å². The number of epoxide rings is 1. The predicted molar refractivity (Wildman–Crippen MR) is 54.9 cm³/mol. The van der Waals surface area contributed by atoms with E-state index in [-0.39, 0.29) is 0 Å². The third kappa shape index (κ3) is 1.47. The molecule has 1 atom stereocenters. The van der Waals surface area contributed by atoms with Crippen LogP contribution in [0.15, 0.2) is 23.7 Å². The van der Waals surface area contributed by atoms with E-state index in [0.717, 1.165) is 17.9 Å². The van der Waals surface area contributed by atoms with Crippen LogP contribution in [0.2, 0.25) is 0 Å². The van der Waals surface area contributed by atoms with Crippen LogP contribution in [0.5, 0.6) is 5.75 Å². The Morgan fingerprint density at radius 2 is 2.50 bits per heavy atom. The van der Waals surface area contributed by atoms with E-state index in [2.05, 4.69) is 4.98 Å². The molecule has 14 heavy (non-hydrogen) atoms. The van der Waals surface area contributed by atoms with Crippen LogP contribution in [0.3, 0.4) is 0 Å². The SMILES string of the molecule is c1cc(OC[C@@H]2CO2)c2ncsc2c1. The highest BCUT2D eigenvalue weighted by Crippen LogP contribution is 2.27. The average Bonchev–Trinajstić information content (AvgIpc) is 2.91. The van der Waals surface area contributed by atoms with Crippen LogP contribution in [-0.4, -0.2) is 24.3 Å². The molecule has 0 spiro atoms. The van der Waals surface area contributed by atoms with Gasteiger partial charge in [-0.3, -0.25) is 0 Å². The fraction of sp³-hybridized carbons (Fsp3) is 0.300. The van der Waals surface area contributed by atoms with Crippen molar-refractivity contribution < 1.29 is 9.47 Å². The fourth-order valence-electron chi connectivity index (χ4n) is 1.32. The van der Waals surface area contributed by atoms with Crippen LogP contribution < -0.4 is 4.74 Å². The maximum Gasteiger partial charge on any atom is 0.146 e. The predicted octanol–water partition coefficient (Wildman–Crippen LogP) is 2.07. The Morgan fingerprint density at radius 3 is 3.36 bits per heavy atom. The first-order chi connectivity index (χ1) is 6.93. The van der Waals surface area contributed by atoms with Crippen LogP contribution in [-0.2, 0) is 4.74 Å². The topological polar surface area (TPSA) is 34.6 Å². The zero-order valence-corrected chi connectivity index (χ0v) is 8.29. The van der Waals surface area contributed by atoms with E-state index in [1.54, 1.807) is 11.3 Å². The van der Waals surface area contributed by atoms with Crippen molar-refractivity contribution in [3.8, 4) is 5.75 Å². The molecule has 1 aliphatic rings. The molecule has 2 aromatic rings. The van der Waals surface area contributed by atoms with Gasteiger partial charge in [-0.05, 0) is 12.1 Å². The van der Waals surface area contributed by atoms with Gasteiger partial charge in [0.05, 0.1) is 16.8 Å². The van der Waals surface area contributed by atoms with Crippen molar-refractivity contribution in [3.63, 3.8) is 0 Å². The van der Waals surface area contributed by atoms with Gasteiger partial charge in [0, 0.05) is 0 Å². The molecule has 0 radical (unpaired) electrons. The molecule has 0 saturated carbocycles. The molecule has 4 heteroatoms. The summed E-state index contributed by atoms with van der Waals surface area (Å²) in [7, 11) is 0. The zero-order valence-electron chi connectivity index (χ0n) is 7.47. The second-order valence-corrected chi connectivity index (χ2v) is 4.11. The van der Waals surface area contributed by atoms with Gasteiger partial charge in [-0.2, -0.15) is 0 Å². The quantitative estimate of drug-likeness (QED) is 0.723. The van der Waals surface area contributed by atoms with Crippen molar-refractivity contribution in [2.45, 2.75) is 6.10 Å². The lowest BCUT2D eigenvalue weighted by Crippen LogP contribution is -2.04. The van der Waals surface area contributed by atoms with Crippen molar-refractivity contribution in [1.82, 2.24) is 4.98 Å². The third-order valence-corrected chi connectivity index (χ3v) is 2.94. The average molecular weight is 207 g/mol. The van der Waals surface area contributed by atoms with Crippen molar-refractivity contribution in [1.29, 1.82) is 0 Å². The minimum absolute atomic E-state index is 0.295. The molecular weight excluding hydrogens is 198 g/mol. The number of fused-ring (bicyclic) bond motifs is 1. The maximum absolute atomic E-state index is 5.62. The lowest BCUT2D eigenvalue weighted by molar-refractivity contribution is 0.265. The van der Waals surface area contributed by atoms with E-state index >= 15 is 0 Å². The molecular formula is C10H9NO2S. The molecule has 0 N–H and O–H groups in total. The van der Waals surface area contributed by atoms with Crippen molar-refractivity contribution >= 4 is 21.6 Å². The lowest BCUT2D eigenvalue weighted by atomic mass is 10.3. The highest BCUT2D eigenvalue weighted by atomic mass is 32.1. The highest BCUT2D eigenvalue weighted by Gasteiger charge is 2.23. The van der Waals surface area contributed by atoms with E-state index in [1.165, 1.54) is 4.70 Å². The Labute approximate surface area is 85.3 Å². The van der Waals surface area contributed by atoms with Crippen molar-refractivity contribution in [2.75, 3.05) is 13.2 Å². The molecule has 1 aliphatic heterocycles. The second kappa shape index (κ2) is 3.22. The summed E-state index contributed by atoms with van der Waals surface area (Å²) < 4.78 is 11.9. The number of benzene rings is 1. The standard InChI is InChI=1S/C10H9NO2S/c1-2-8(13-5-7-4-12-7)10-9(3-1)14-6-11-10/h1-3,6-7H,4-5H2/t7-/m0/s1. The Hall–Kier alpha value is -1.13. The number of hydrogen-bond donors (Lipinski definition) is 0. The first-order valence-corrected chi connectivity index (χ1v) is 5.38. The van der Waals surface area contributed by atoms with Gasteiger partial charge in [-0.25, -0.2) is 4.98 Å². The second-order valence-electron chi connectivity index (χ2n) is 3.22. The Balaban J connectivity index is 1.89. The van der Waals surface area contributed by atoms with Crippen LogP contribution >= 0.6 is 11.3 Å². The van der Waals surface area contributed by atoms with Gasteiger partial charge in [0.1, 0.15) is 24.0 Å². The molecule has 1 saturated heterocycles. The first-order valence-electron chi connectivity index (χ1n) is 4.50. The van der Waals surface area contributed by atoms with Gasteiger partial charge in [-0.1, -0.05) is 6.07 Å². The molecule has 1 aromatic heterocycles. The Bertz CT molecular complexity index is 450. The minimum atomic E-state index is 0.295. The van der Waals surface area contributed by atoms with Gasteiger partial charge in [-0.15, -0.1) is 11.3 Å². The summed E-state index contributed by atoms with van der Waals surface area (Å²) in [6, 6.07) is 5.99. The summed E-state index contributed by atoms with van der Waals surface area (Å²) in [6.45, 7) is 1.46. The summed E-state index contributed by atoms with van der Waals surface area (Å²) in [6.07, 6.45) is 0.295. The van der Waals surface area contributed by atoms with Gasteiger partial charge in [0.25, 0.3) is 0 Å². The number of nitrogens with zero attached hydrogens (tertiary/aromatic N) is 1. The fourth-order valence-corrected chi connectivity index (χ4v) is 2.02. The molecule has 3 nitrogen and oxygen atoms in total. The normalized spacial score (nSPS) is 19.9. The van der Waals surface area contributed by atoms with Crippen LogP contribution in [0.25, 0.3) is 10.2 Å². The summed E-state index contributed by atoms with van der Waals surface area (Å²) in [5.41, 5.74) is 2.80. The number of hydrogen-bond acceptors (Lipinski definition) is 4. The van der Waals surface area contributed by atoms with Gasteiger partial charge in [0.15, 0.2) is 0 Å². The van der Waals surface area contributed by atoms with Crippen LogP contribution in [0.1, 0.15) is 0 Å².